The molecule has 2 aliphatic rings. The average molecular weight is 434 g/mol. The van der Waals surface area contributed by atoms with Gasteiger partial charge >= 0.3 is 0 Å². The maximum absolute atomic E-state index is 13.2. The molecule has 1 aliphatic carbocycles. The molecule has 0 bridgehead atoms. The van der Waals surface area contributed by atoms with E-state index in [2.05, 4.69) is 12.2 Å². The van der Waals surface area contributed by atoms with Crippen LogP contribution in [0.15, 0.2) is 39.1 Å². The highest BCUT2D eigenvalue weighted by Crippen LogP contribution is 2.37. The van der Waals surface area contributed by atoms with Crippen molar-refractivity contribution >= 4 is 35.1 Å². The van der Waals surface area contributed by atoms with Crippen LogP contribution in [0.5, 0.6) is 0 Å². The largest absolute Gasteiger partial charge is 0.325 e. The van der Waals surface area contributed by atoms with Crippen molar-refractivity contribution < 1.29 is 9.18 Å². The molecule has 0 radical (unpaired) electrons. The van der Waals surface area contributed by atoms with E-state index in [1.807, 2.05) is 4.57 Å². The third-order valence-electron chi connectivity index (χ3n) is 5.31. The van der Waals surface area contributed by atoms with E-state index in [0.717, 1.165) is 42.7 Å². The van der Waals surface area contributed by atoms with E-state index in [1.54, 1.807) is 11.8 Å². The Morgan fingerprint density at radius 1 is 1.28 bits per heavy atom. The highest BCUT2D eigenvalue weighted by molar-refractivity contribution is 8.00. The number of rotatable bonds is 5. The van der Waals surface area contributed by atoms with Crippen LogP contribution in [0.4, 0.5) is 10.1 Å². The third kappa shape index (κ3) is 4.69. The van der Waals surface area contributed by atoms with Crippen molar-refractivity contribution in [1.29, 1.82) is 0 Å². The van der Waals surface area contributed by atoms with Crippen molar-refractivity contribution in [2.75, 3.05) is 11.1 Å². The number of fused-ring (bicyclic) bond motifs is 1. The third-order valence-corrected chi connectivity index (χ3v) is 7.48. The summed E-state index contributed by atoms with van der Waals surface area (Å²) in [6.07, 6.45) is 6.19. The Labute approximate surface area is 177 Å². The fraction of sp³-hybridized carbons (Fsp3) is 0.476. The molecule has 0 spiro atoms. The first kappa shape index (κ1) is 20.5. The first-order valence-electron chi connectivity index (χ1n) is 10.0. The van der Waals surface area contributed by atoms with Crippen LogP contribution in [-0.4, -0.2) is 26.5 Å². The van der Waals surface area contributed by atoms with Gasteiger partial charge in [0.15, 0.2) is 5.16 Å². The first-order chi connectivity index (χ1) is 14.0. The van der Waals surface area contributed by atoms with Crippen molar-refractivity contribution in [2.24, 2.45) is 0 Å². The molecule has 154 valence electrons. The second kappa shape index (κ2) is 8.92. The minimum atomic E-state index is -0.344. The molecule has 1 aromatic carbocycles. The van der Waals surface area contributed by atoms with Crippen molar-refractivity contribution in [3.63, 3.8) is 0 Å². The minimum Gasteiger partial charge on any atom is -0.325 e. The van der Waals surface area contributed by atoms with Gasteiger partial charge in [0.2, 0.25) is 5.91 Å². The molecule has 29 heavy (non-hydrogen) atoms. The maximum atomic E-state index is 13.2. The van der Waals surface area contributed by atoms with Crippen LogP contribution in [0.2, 0.25) is 0 Å². The predicted molar refractivity (Wildman–Crippen MR) is 115 cm³/mol. The molecule has 1 fully saturated rings. The first-order valence-corrected chi connectivity index (χ1v) is 11.9. The van der Waals surface area contributed by atoms with Crippen LogP contribution >= 0.6 is 23.5 Å². The number of anilines is 1. The normalized spacial score (nSPS) is 19.2. The average Bonchev–Trinajstić information content (AvgIpc) is 3.09. The van der Waals surface area contributed by atoms with Gasteiger partial charge in [0, 0.05) is 23.4 Å². The van der Waals surface area contributed by atoms with Crippen LogP contribution in [0.25, 0.3) is 0 Å². The van der Waals surface area contributed by atoms with Crippen molar-refractivity contribution in [2.45, 2.75) is 66.8 Å². The van der Waals surface area contributed by atoms with Gasteiger partial charge in [-0.05, 0) is 37.1 Å². The van der Waals surface area contributed by atoms with Gasteiger partial charge in [0.05, 0.1) is 16.3 Å². The lowest BCUT2D eigenvalue weighted by atomic mass is 9.95. The Morgan fingerprint density at radius 3 is 2.72 bits per heavy atom. The van der Waals surface area contributed by atoms with Gasteiger partial charge in [0.1, 0.15) is 5.82 Å². The second-order valence-corrected chi connectivity index (χ2v) is 10.0. The number of thioether (sulfide) groups is 2. The number of benzene rings is 1. The van der Waals surface area contributed by atoms with Gasteiger partial charge in [-0.1, -0.05) is 37.9 Å². The van der Waals surface area contributed by atoms with Crippen LogP contribution in [0, 0.1) is 5.82 Å². The predicted octanol–water partition coefficient (Wildman–Crippen LogP) is 4.66. The highest BCUT2D eigenvalue weighted by atomic mass is 32.2. The lowest BCUT2D eigenvalue weighted by Crippen LogP contribution is -2.30. The van der Waals surface area contributed by atoms with Crippen molar-refractivity contribution in [3.8, 4) is 0 Å². The number of aromatic nitrogens is 2. The molecule has 1 saturated carbocycles. The number of hydrogen-bond acceptors (Lipinski definition) is 5. The molecule has 2 aromatic rings. The summed E-state index contributed by atoms with van der Waals surface area (Å²) in [4.78, 5) is 31.2. The number of carbonyl (C=O) groups is 1. The van der Waals surface area contributed by atoms with Crippen LogP contribution in [-0.2, 0) is 11.2 Å². The van der Waals surface area contributed by atoms with Crippen LogP contribution in [0.1, 0.15) is 50.8 Å². The summed E-state index contributed by atoms with van der Waals surface area (Å²) in [6.45, 7) is 2.11. The maximum Gasteiger partial charge on any atom is 0.268 e. The topological polar surface area (TPSA) is 64.0 Å². The Hall–Kier alpha value is -1.80. The molecular weight excluding hydrogens is 409 g/mol. The number of nitrogens with zero attached hydrogens (tertiary/aromatic N) is 2. The van der Waals surface area contributed by atoms with Crippen LogP contribution < -0.4 is 10.9 Å². The standard InChI is InChI=1S/C21H24FN3O2S2/c1-13-11-17-19(29-13)20(27)25(16-5-3-2-4-6-16)21(24-17)28-12-18(26)23-15-9-7-14(22)8-10-15/h7-10,13,16H,2-6,11-12H2,1H3,(H,23,26). The summed E-state index contributed by atoms with van der Waals surface area (Å²) in [5, 5.41) is 3.76. The number of amides is 1. The minimum absolute atomic E-state index is 0.0534. The summed E-state index contributed by atoms with van der Waals surface area (Å²) in [7, 11) is 0. The molecule has 8 heteroatoms. The molecule has 2 heterocycles. The number of carbonyl (C=O) groups excluding carboxylic acids is 1. The molecule has 1 unspecified atom stereocenters. The Kier molecular flexibility index (Phi) is 6.29. The van der Waals surface area contributed by atoms with E-state index in [4.69, 9.17) is 4.98 Å². The number of halogens is 1. The lowest BCUT2D eigenvalue weighted by molar-refractivity contribution is -0.113. The van der Waals surface area contributed by atoms with E-state index in [0.29, 0.717) is 16.1 Å². The van der Waals surface area contributed by atoms with E-state index >= 15 is 0 Å². The van der Waals surface area contributed by atoms with Gasteiger partial charge in [-0.25, -0.2) is 9.37 Å². The van der Waals surface area contributed by atoms with E-state index in [-0.39, 0.29) is 29.1 Å². The van der Waals surface area contributed by atoms with Gasteiger partial charge in [-0.15, -0.1) is 11.8 Å². The molecule has 5 nitrogen and oxygen atoms in total. The summed E-state index contributed by atoms with van der Waals surface area (Å²) >= 11 is 2.93. The molecule has 1 N–H and O–H groups in total. The van der Waals surface area contributed by atoms with E-state index < -0.39 is 0 Å². The zero-order chi connectivity index (χ0) is 20.4. The Morgan fingerprint density at radius 2 is 2.00 bits per heavy atom. The monoisotopic (exact) mass is 433 g/mol. The van der Waals surface area contributed by atoms with Crippen LogP contribution in [0.3, 0.4) is 0 Å². The number of nitrogens with one attached hydrogen (secondary N) is 1. The van der Waals surface area contributed by atoms with Crippen molar-refractivity contribution in [3.05, 3.63) is 46.1 Å². The SMILES string of the molecule is CC1Cc2nc(SCC(=O)Nc3ccc(F)cc3)n(C3CCCCC3)c(=O)c2S1. The molecule has 1 aromatic heterocycles. The molecule has 1 aliphatic heterocycles. The molecule has 1 atom stereocenters. The zero-order valence-electron chi connectivity index (χ0n) is 16.3. The van der Waals surface area contributed by atoms with Gasteiger partial charge < -0.3 is 5.32 Å². The molecule has 4 rings (SSSR count). The quantitative estimate of drug-likeness (QED) is 0.549. The van der Waals surface area contributed by atoms with E-state index in [9.17, 15) is 14.0 Å². The Bertz CT molecular complexity index is 956. The summed E-state index contributed by atoms with van der Waals surface area (Å²) in [5.74, 6) is -0.393. The van der Waals surface area contributed by atoms with Crippen molar-refractivity contribution in [1.82, 2.24) is 9.55 Å². The number of hydrogen-bond donors (Lipinski definition) is 1. The zero-order valence-corrected chi connectivity index (χ0v) is 18.0. The van der Waals surface area contributed by atoms with E-state index in [1.165, 1.54) is 42.4 Å². The fourth-order valence-corrected chi connectivity index (χ4v) is 5.92. The summed E-state index contributed by atoms with van der Waals surface area (Å²) in [5.41, 5.74) is 1.47. The van der Waals surface area contributed by atoms with Gasteiger partial charge in [-0.3, -0.25) is 14.2 Å². The van der Waals surface area contributed by atoms with Gasteiger partial charge in [-0.2, -0.15) is 0 Å². The molecule has 0 saturated heterocycles. The highest BCUT2D eigenvalue weighted by Gasteiger charge is 2.29. The second-order valence-electron chi connectivity index (χ2n) is 7.61. The summed E-state index contributed by atoms with van der Waals surface area (Å²) in [6, 6.07) is 5.84. The molecule has 1 amide bonds. The smallest absolute Gasteiger partial charge is 0.268 e. The fourth-order valence-electron chi connectivity index (χ4n) is 3.94. The molecular formula is C21H24FN3O2S2. The summed E-state index contributed by atoms with van der Waals surface area (Å²) < 4.78 is 14.9. The van der Waals surface area contributed by atoms with Gasteiger partial charge in [0.25, 0.3) is 5.56 Å². The lowest BCUT2D eigenvalue weighted by Gasteiger charge is -2.26. The Balaban J connectivity index is 1.54.